The van der Waals surface area contributed by atoms with Crippen molar-refractivity contribution in [3.8, 4) is 0 Å². The van der Waals surface area contributed by atoms with Crippen LogP contribution in [0.4, 0.5) is 0 Å². The molecule has 1 aromatic rings. The van der Waals surface area contributed by atoms with Crippen LogP contribution in [-0.4, -0.2) is 25.0 Å². The first kappa shape index (κ1) is 14.5. The Labute approximate surface area is 109 Å². The van der Waals surface area contributed by atoms with E-state index in [-0.39, 0.29) is 11.9 Å². The average molecular weight is 245 g/mol. The van der Waals surface area contributed by atoms with Crippen LogP contribution in [0.2, 0.25) is 0 Å². The molecule has 0 spiro atoms. The topological polar surface area (TPSA) is 47.4 Å². The molecule has 1 aromatic carbocycles. The van der Waals surface area contributed by atoms with Crippen LogP contribution in [0, 0.1) is 0 Å². The maximum atomic E-state index is 11.6. The highest BCUT2D eigenvalue weighted by Gasteiger charge is 1.98. The molecule has 0 aliphatic carbocycles. The Morgan fingerprint density at radius 1 is 1.44 bits per heavy atom. The van der Waals surface area contributed by atoms with Crippen molar-refractivity contribution in [3.63, 3.8) is 0 Å². The van der Waals surface area contributed by atoms with Crippen LogP contribution in [0.15, 0.2) is 48.0 Å². The number of rotatable bonds is 8. The summed E-state index contributed by atoms with van der Waals surface area (Å²) in [6, 6.07) is 10.0. The van der Waals surface area contributed by atoms with Gasteiger partial charge in [0.25, 0.3) is 0 Å². The van der Waals surface area contributed by atoms with E-state index in [0.717, 1.165) is 12.8 Å². The number of nitrogens with one attached hydrogen (secondary N) is 1. The Hall–Kier alpha value is -1.61. The van der Waals surface area contributed by atoms with E-state index in [4.69, 9.17) is 0 Å². The third-order valence-electron chi connectivity index (χ3n) is 2.67. The lowest BCUT2D eigenvalue weighted by molar-refractivity contribution is -0.221. The van der Waals surface area contributed by atoms with E-state index < -0.39 is 0 Å². The zero-order chi connectivity index (χ0) is 13.2. The summed E-state index contributed by atoms with van der Waals surface area (Å²) in [6.07, 6.45) is 3.61. The zero-order valence-electron chi connectivity index (χ0n) is 10.9. The number of benzene rings is 1. The summed E-state index contributed by atoms with van der Waals surface area (Å²) >= 11 is 0. The predicted molar refractivity (Wildman–Crippen MR) is 74.7 cm³/mol. The Morgan fingerprint density at radius 2 is 2.17 bits per heavy atom. The van der Waals surface area contributed by atoms with Crippen molar-refractivity contribution in [1.29, 1.82) is 0 Å². The molecular weight excluding hydrogens is 224 g/mol. The van der Waals surface area contributed by atoms with Gasteiger partial charge in [0.2, 0.25) is 0 Å². The number of hydrogen-bond acceptors (Lipinski definition) is 3. The fourth-order valence-electron chi connectivity index (χ4n) is 1.60. The summed E-state index contributed by atoms with van der Waals surface area (Å²) in [5.41, 5.74) is 1.29. The third-order valence-corrected chi connectivity index (χ3v) is 2.67. The average Bonchev–Trinajstić information content (AvgIpc) is 2.41. The zero-order valence-corrected chi connectivity index (χ0v) is 10.9. The highest BCUT2D eigenvalue weighted by Crippen LogP contribution is 2.02. The highest BCUT2D eigenvalue weighted by molar-refractivity contribution is 5.77. The van der Waals surface area contributed by atoms with Crippen molar-refractivity contribution >= 4 is 5.90 Å². The van der Waals surface area contributed by atoms with E-state index in [0.29, 0.717) is 13.1 Å². The number of nitrogens with zero attached hydrogens (tertiary/aromatic N) is 1. The van der Waals surface area contributed by atoms with E-state index in [1.54, 1.807) is 6.08 Å². The summed E-state index contributed by atoms with van der Waals surface area (Å²) < 4.78 is 0. The summed E-state index contributed by atoms with van der Waals surface area (Å²) in [5.74, 6) is -0.0788. The molecule has 0 radical (unpaired) electrons. The fraction of sp³-hybridized carbons (Fsp3) is 0.400. The largest absolute Gasteiger partial charge is 0.861 e. The number of aryl methyl sites for hydroxylation is 1. The van der Waals surface area contributed by atoms with Gasteiger partial charge in [0.1, 0.15) is 0 Å². The first-order valence-electron chi connectivity index (χ1n) is 6.33. The summed E-state index contributed by atoms with van der Waals surface area (Å²) in [7, 11) is 0. The van der Waals surface area contributed by atoms with Crippen LogP contribution < -0.4 is 10.4 Å². The van der Waals surface area contributed by atoms with Crippen LogP contribution in [-0.2, 0) is 6.42 Å². The van der Waals surface area contributed by atoms with E-state index in [1.165, 1.54) is 5.56 Å². The summed E-state index contributed by atoms with van der Waals surface area (Å²) in [4.78, 5) is 4.06. The van der Waals surface area contributed by atoms with E-state index in [1.807, 2.05) is 25.1 Å². The first-order chi connectivity index (χ1) is 8.74. The lowest BCUT2D eigenvalue weighted by atomic mass is 10.1. The van der Waals surface area contributed by atoms with Gasteiger partial charge in [0, 0.05) is 19.1 Å². The second kappa shape index (κ2) is 8.48. The van der Waals surface area contributed by atoms with Crippen molar-refractivity contribution in [1.82, 2.24) is 5.32 Å². The van der Waals surface area contributed by atoms with Crippen molar-refractivity contribution in [2.24, 2.45) is 4.99 Å². The standard InChI is InChI=1S/C15H22N2O/c1-3-11-16-13(2)15(18)17-12-7-10-14-8-5-4-6-9-14/h3-6,8-9,13,16H,1,7,10-12H2,2H3,(H,17,18)/p-1/t13-/m1/s1. The molecule has 1 rings (SSSR count). The second-order valence-electron chi connectivity index (χ2n) is 4.23. The first-order valence-corrected chi connectivity index (χ1v) is 6.33. The molecule has 0 saturated carbocycles. The van der Waals surface area contributed by atoms with Gasteiger partial charge in [-0.2, -0.15) is 0 Å². The summed E-state index contributed by atoms with van der Waals surface area (Å²) in [6.45, 7) is 6.64. The Balaban J connectivity index is 2.25. The molecule has 0 bridgehead atoms. The predicted octanol–water partition coefficient (Wildman–Crippen LogP) is 1.54. The molecule has 0 aromatic heterocycles. The molecule has 3 heteroatoms. The Bertz CT molecular complexity index is 373. The molecule has 0 fully saturated rings. The minimum atomic E-state index is -0.222. The van der Waals surface area contributed by atoms with Gasteiger partial charge in [-0.1, -0.05) is 36.4 Å². The number of hydrogen-bond donors (Lipinski definition) is 1. The van der Waals surface area contributed by atoms with Crippen molar-refractivity contribution in [3.05, 3.63) is 48.6 Å². The number of aliphatic imine (C=N–C) groups is 1. The Kier molecular flexibility index (Phi) is 6.81. The molecule has 0 heterocycles. The molecule has 0 unspecified atom stereocenters. The van der Waals surface area contributed by atoms with Gasteiger partial charge in [-0.3, -0.25) is 0 Å². The molecule has 1 N–H and O–H groups in total. The van der Waals surface area contributed by atoms with Gasteiger partial charge in [-0.05, 0) is 31.2 Å². The smallest absolute Gasteiger partial charge is 0.0382 e. The van der Waals surface area contributed by atoms with Crippen LogP contribution >= 0.6 is 0 Å². The van der Waals surface area contributed by atoms with Crippen LogP contribution in [0.25, 0.3) is 0 Å². The molecule has 1 atom stereocenters. The minimum absolute atomic E-state index is 0.0788. The molecular formula is C15H21N2O-. The van der Waals surface area contributed by atoms with E-state index in [2.05, 4.69) is 29.0 Å². The molecule has 98 valence electrons. The van der Waals surface area contributed by atoms with Gasteiger partial charge in [0.15, 0.2) is 0 Å². The monoisotopic (exact) mass is 245 g/mol. The molecule has 3 nitrogen and oxygen atoms in total. The lowest BCUT2D eigenvalue weighted by Crippen LogP contribution is -2.41. The Morgan fingerprint density at radius 3 is 2.83 bits per heavy atom. The van der Waals surface area contributed by atoms with Crippen molar-refractivity contribution in [2.45, 2.75) is 25.8 Å². The van der Waals surface area contributed by atoms with E-state index >= 15 is 0 Å². The maximum absolute atomic E-state index is 11.6. The van der Waals surface area contributed by atoms with Crippen LogP contribution in [0.3, 0.4) is 0 Å². The lowest BCUT2D eigenvalue weighted by Gasteiger charge is -2.19. The van der Waals surface area contributed by atoms with Crippen LogP contribution in [0.5, 0.6) is 0 Å². The van der Waals surface area contributed by atoms with Gasteiger partial charge in [-0.15, -0.1) is 6.58 Å². The van der Waals surface area contributed by atoms with Crippen molar-refractivity contribution in [2.75, 3.05) is 13.1 Å². The molecule has 0 amide bonds. The van der Waals surface area contributed by atoms with Gasteiger partial charge >= 0.3 is 0 Å². The second-order valence-corrected chi connectivity index (χ2v) is 4.23. The fourth-order valence-corrected chi connectivity index (χ4v) is 1.60. The quantitative estimate of drug-likeness (QED) is 0.327. The maximum Gasteiger partial charge on any atom is 0.0382 e. The van der Waals surface area contributed by atoms with Gasteiger partial charge in [-0.25, -0.2) is 0 Å². The van der Waals surface area contributed by atoms with E-state index in [9.17, 15) is 5.11 Å². The normalized spacial score (nSPS) is 13.3. The third kappa shape index (κ3) is 5.64. The molecule has 0 saturated heterocycles. The minimum Gasteiger partial charge on any atom is -0.861 e. The van der Waals surface area contributed by atoms with Gasteiger partial charge in [0.05, 0.1) is 0 Å². The highest BCUT2D eigenvalue weighted by atomic mass is 16.3. The summed E-state index contributed by atoms with van der Waals surface area (Å²) in [5, 5.41) is 14.6. The van der Waals surface area contributed by atoms with Gasteiger partial charge < -0.3 is 15.4 Å². The molecule has 0 aliphatic heterocycles. The van der Waals surface area contributed by atoms with Crippen LogP contribution in [0.1, 0.15) is 18.9 Å². The molecule has 0 aliphatic rings. The van der Waals surface area contributed by atoms with Crippen molar-refractivity contribution < 1.29 is 5.11 Å². The SMILES string of the molecule is C=CCN[C@H](C)C([O-])=NCCCc1ccccc1. The molecule has 18 heavy (non-hydrogen) atoms.